The molecule has 2 aromatic heterocycles. The minimum atomic E-state index is -0.545. The van der Waals surface area contributed by atoms with E-state index in [9.17, 15) is 9.59 Å². The van der Waals surface area contributed by atoms with Gasteiger partial charge in [0.1, 0.15) is 11.3 Å². The fourth-order valence-corrected chi connectivity index (χ4v) is 2.15. The van der Waals surface area contributed by atoms with Crippen LogP contribution < -0.4 is 11.2 Å². The van der Waals surface area contributed by atoms with Gasteiger partial charge in [-0.05, 0) is 13.3 Å². The summed E-state index contributed by atoms with van der Waals surface area (Å²) in [6.45, 7) is 2.58. The van der Waals surface area contributed by atoms with Crippen LogP contribution in [0.2, 0.25) is 0 Å². The van der Waals surface area contributed by atoms with Crippen molar-refractivity contribution in [1.82, 2.24) is 19.9 Å². The maximum absolute atomic E-state index is 11.5. The molecule has 0 amide bonds. The van der Waals surface area contributed by atoms with E-state index in [0.717, 1.165) is 6.42 Å². The van der Waals surface area contributed by atoms with E-state index in [0.29, 0.717) is 23.6 Å². The van der Waals surface area contributed by atoms with Crippen LogP contribution >= 0.6 is 0 Å². The maximum Gasteiger partial charge on any atom is 0.327 e. The quantitative estimate of drug-likeness (QED) is 0.639. The summed E-state index contributed by atoms with van der Waals surface area (Å²) in [5.74, 6) is 0.844. The Morgan fingerprint density at radius 3 is 2.82 bits per heavy atom. The average Bonchev–Trinajstić information content (AvgIpc) is 2.83. The Morgan fingerprint density at radius 2 is 2.12 bits per heavy atom. The lowest BCUT2D eigenvalue weighted by molar-refractivity contribution is 0.123. The largest absolute Gasteiger partial charge is 0.378 e. The molecule has 0 aliphatic carbocycles. The standard InChI is InChI=1S/C10H12N4O3/c1-4-2-5(3-17-4)7-11-6-8(12-7)13-10(16)14-9(6)15/h4-5H,2-3H2,1H3,(H3,11,12,13,14,15,16). The van der Waals surface area contributed by atoms with Gasteiger partial charge in [-0.25, -0.2) is 9.78 Å². The molecule has 90 valence electrons. The van der Waals surface area contributed by atoms with Crippen LogP contribution in [0.1, 0.15) is 25.1 Å². The number of ether oxygens (including phenoxy) is 1. The van der Waals surface area contributed by atoms with E-state index in [1.165, 1.54) is 0 Å². The van der Waals surface area contributed by atoms with Crippen LogP contribution in [0.5, 0.6) is 0 Å². The van der Waals surface area contributed by atoms with Crippen LogP contribution in [0.3, 0.4) is 0 Å². The van der Waals surface area contributed by atoms with Gasteiger partial charge in [0, 0.05) is 5.92 Å². The van der Waals surface area contributed by atoms with Crippen LogP contribution in [0.4, 0.5) is 0 Å². The van der Waals surface area contributed by atoms with Crippen molar-refractivity contribution < 1.29 is 4.74 Å². The van der Waals surface area contributed by atoms with E-state index in [4.69, 9.17) is 4.74 Å². The summed E-state index contributed by atoms with van der Waals surface area (Å²) >= 11 is 0. The second-order valence-electron chi connectivity index (χ2n) is 4.33. The number of H-pyrrole nitrogens is 3. The molecule has 1 aliphatic rings. The molecule has 0 saturated carbocycles. The molecule has 0 radical (unpaired) electrons. The number of hydrogen-bond acceptors (Lipinski definition) is 4. The first kappa shape index (κ1) is 10.3. The number of aromatic amines is 3. The topological polar surface area (TPSA) is 104 Å². The Bertz CT molecular complexity index is 668. The number of nitrogens with one attached hydrogen (secondary N) is 3. The van der Waals surface area contributed by atoms with Gasteiger partial charge < -0.3 is 9.72 Å². The van der Waals surface area contributed by atoms with Crippen LogP contribution in [0.15, 0.2) is 9.59 Å². The molecule has 1 fully saturated rings. The summed E-state index contributed by atoms with van der Waals surface area (Å²) in [6.07, 6.45) is 1.06. The summed E-state index contributed by atoms with van der Waals surface area (Å²) in [5, 5.41) is 0. The van der Waals surface area contributed by atoms with Crippen molar-refractivity contribution in [2.24, 2.45) is 0 Å². The minimum absolute atomic E-state index is 0.153. The van der Waals surface area contributed by atoms with Crippen molar-refractivity contribution >= 4 is 11.2 Å². The highest BCUT2D eigenvalue weighted by Crippen LogP contribution is 2.27. The number of nitrogens with zero attached hydrogens (tertiary/aromatic N) is 1. The first-order chi connectivity index (χ1) is 8.13. The van der Waals surface area contributed by atoms with Crippen molar-refractivity contribution in [3.05, 3.63) is 26.7 Å². The predicted molar refractivity (Wildman–Crippen MR) is 60.1 cm³/mol. The van der Waals surface area contributed by atoms with E-state index in [1.54, 1.807) is 0 Å². The molecule has 0 bridgehead atoms. The average molecular weight is 236 g/mol. The van der Waals surface area contributed by atoms with Crippen LogP contribution in [0, 0.1) is 0 Å². The van der Waals surface area contributed by atoms with E-state index in [1.807, 2.05) is 6.92 Å². The van der Waals surface area contributed by atoms with E-state index >= 15 is 0 Å². The van der Waals surface area contributed by atoms with E-state index in [2.05, 4.69) is 19.9 Å². The van der Waals surface area contributed by atoms with Crippen LogP contribution in [-0.4, -0.2) is 32.6 Å². The first-order valence-corrected chi connectivity index (χ1v) is 5.47. The molecule has 3 N–H and O–H groups in total. The minimum Gasteiger partial charge on any atom is -0.378 e. The van der Waals surface area contributed by atoms with Crippen molar-refractivity contribution in [3.63, 3.8) is 0 Å². The maximum atomic E-state index is 11.5. The number of rotatable bonds is 1. The highest BCUT2D eigenvalue weighted by Gasteiger charge is 2.26. The first-order valence-electron chi connectivity index (χ1n) is 5.47. The lowest BCUT2D eigenvalue weighted by Crippen LogP contribution is -2.21. The molecular weight excluding hydrogens is 224 g/mol. The molecule has 7 heteroatoms. The Balaban J connectivity index is 2.11. The molecule has 0 aromatic carbocycles. The van der Waals surface area contributed by atoms with Gasteiger partial charge in [-0.3, -0.25) is 14.8 Å². The molecule has 2 atom stereocenters. The number of hydrogen-bond donors (Lipinski definition) is 3. The zero-order valence-electron chi connectivity index (χ0n) is 9.24. The Kier molecular flexibility index (Phi) is 2.15. The second-order valence-corrected chi connectivity index (χ2v) is 4.33. The fraction of sp³-hybridized carbons (Fsp3) is 0.500. The van der Waals surface area contributed by atoms with Gasteiger partial charge in [-0.1, -0.05) is 0 Å². The zero-order chi connectivity index (χ0) is 12.0. The van der Waals surface area contributed by atoms with Gasteiger partial charge >= 0.3 is 5.69 Å². The third kappa shape index (κ3) is 1.68. The Morgan fingerprint density at radius 1 is 1.29 bits per heavy atom. The number of fused-ring (bicyclic) bond motifs is 1. The normalized spacial score (nSPS) is 24.5. The molecule has 1 saturated heterocycles. The molecule has 3 rings (SSSR count). The predicted octanol–water partition coefficient (Wildman–Crippen LogP) is -0.168. The summed E-state index contributed by atoms with van der Waals surface area (Å²) < 4.78 is 5.45. The Hall–Kier alpha value is -1.89. The van der Waals surface area contributed by atoms with E-state index in [-0.39, 0.29) is 12.0 Å². The second kappa shape index (κ2) is 3.56. The van der Waals surface area contributed by atoms with Crippen LogP contribution in [-0.2, 0) is 4.74 Å². The van der Waals surface area contributed by atoms with Crippen molar-refractivity contribution in [2.45, 2.75) is 25.4 Å². The van der Waals surface area contributed by atoms with Crippen molar-refractivity contribution in [2.75, 3.05) is 6.61 Å². The van der Waals surface area contributed by atoms with Gasteiger partial charge in [-0.15, -0.1) is 0 Å². The molecule has 2 unspecified atom stereocenters. The van der Waals surface area contributed by atoms with Gasteiger partial charge in [0.25, 0.3) is 5.56 Å². The van der Waals surface area contributed by atoms with Gasteiger partial charge in [0.2, 0.25) is 0 Å². The molecular formula is C10H12N4O3. The zero-order valence-corrected chi connectivity index (χ0v) is 9.24. The molecule has 1 aliphatic heterocycles. The summed E-state index contributed by atoms with van der Waals surface area (Å²) in [5.41, 5.74) is -0.390. The van der Waals surface area contributed by atoms with Crippen molar-refractivity contribution in [3.8, 4) is 0 Å². The molecule has 2 aromatic rings. The van der Waals surface area contributed by atoms with Crippen LogP contribution in [0.25, 0.3) is 11.2 Å². The summed E-state index contributed by atoms with van der Waals surface area (Å²) in [7, 11) is 0. The third-order valence-corrected chi connectivity index (χ3v) is 2.99. The van der Waals surface area contributed by atoms with E-state index < -0.39 is 11.2 Å². The summed E-state index contributed by atoms with van der Waals surface area (Å²) in [6, 6.07) is 0. The van der Waals surface area contributed by atoms with Gasteiger partial charge in [-0.2, -0.15) is 0 Å². The highest BCUT2D eigenvalue weighted by atomic mass is 16.5. The van der Waals surface area contributed by atoms with Gasteiger partial charge in [0.15, 0.2) is 5.65 Å². The smallest absolute Gasteiger partial charge is 0.327 e. The molecule has 17 heavy (non-hydrogen) atoms. The lowest BCUT2D eigenvalue weighted by Gasteiger charge is -2.01. The number of imidazole rings is 1. The lowest BCUT2D eigenvalue weighted by atomic mass is 10.1. The molecule has 0 spiro atoms. The Labute approximate surface area is 95.2 Å². The van der Waals surface area contributed by atoms with Gasteiger partial charge in [0.05, 0.1) is 12.7 Å². The highest BCUT2D eigenvalue weighted by molar-refractivity contribution is 5.68. The SMILES string of the molecule is CC1CC(c2nc3[nH]c(=O)[nH]c(=O)c3[nH]2)CO1. The summed E-state index contributed by atoms with van der Waals surface area (Å²) in [4.78, 5) is 34.4. The molecule has 3 heterocycles. The van der Waals surface area contributed by atoms with Crippen molar-refractivity contribution in [1.29, 1.82) is 0 Å². The fourth-order valence-electron chi connectivity index (χ4n) is 2.15. The monoisotopic (exact) mass is 236 g/mol. The third-order valence-electron chi connectivity index (χ3n) is 2.99. The molecule has 7 nitrogen and oxygen atoms in total. The number of aromatic nitrogens is 4.